The molecular formula is C23H24N2O4. The van der Waals surface area contributed by atoms with E-state index in [-0.39, 0.29) is 17.6 Å². The Hall–Kier alpha value is -3.12. The van der Waals surface area contributed by atoms with Crippen LogP contribution in [0.5, 0.6) is 5.75 Å². The first-order valence-corrected chi connectivity index (χ1v) is 9.86. The Bertz CT molecular complexity index is 1070. The number of nitrogens with zero attached hydrogens (tertiary/aromatic N) is 1. The fraction of sp³-hybridized carbons (Fsp3) is 0.304. The molecule has 0 bridgehead atoms. The smallest absolute Gasteiger partial charge is 0.256 e. The molecule has 4 rings (SSSR count). The summed E-state index contributed by atoms with van der Waals surface area (Å²) >= 11 is 0. The monoisotopic (exact) mass is 392 g/mol. The van der Waals surface area contributed by atoms with E-state index in [0.29, 0.717) is 17.9 Å². The predicted octanol–water partition coefficient (Wildman–Crippen LogP) is 3.74. The topological polar surface area (TPSA) is 69.6 Å². The second kappa shape index (κ2) is 8.49. The van der Waals surface area contributed by atoms with Crippen LogP contribution in [0.3, 0.4) is 0 Å². The van der Waals surface area contributed by atoms with E-state index in [0.717, 1.165) is 36.1 Å². The van der Waals surface area contributed by atoms with E-state index in [4.69, 9.17) is 9.47 Å². The van der Waals surface area contributed by atoms with Crippen LogP contribution >= 0.6 is 0 Å². The molecule has 0 aliphatic carbocycles. The van der Waals surface area contributed by atoms with E-state index in [2.05, 4.69) is 5.32 Å². The van der Waals surface area contributed by atoms with Crippen molar-refractivity contribution in [2.75, 3.05) is 18.5 Å². The molecule has 0 spiro atoms. The fourth-order valence-corrected chi connectivity index (χ4v) is 3.56. The highest BCUT2D eigenvalue weighted by Gasteiger charge is 2.15. The van der Waals surface area contributed by atoms with Crippen LogP contribution in [0.2, 0.25) is 0 Å². The fourth-order valence-electron chi connectivity index (χ4n) is 3.56. The molecule has 6 nitrogen and oxygen atoms in total. The molecule has 1 saturated heterocycles. The normalized spacial score (nSPS) is 16.5. The third-order valence-electron chi connectivity index (χ3n) is 5.22. The number of aryl methyl sites for hydroxylation is 1. The molecule has 0 radical (unpaired) electrons. The Morgan fingerprint density at radius 1 is 1.17 bits per heavy atom. The molecule has 1 N–H and O–H groups in total. The number of anilines is 1. The largest absolute Gasteiger partial charge is 0.491 e. The molecule has 0 saturated carbocycles. The molecule has 1 aromatic heterocycles. The van der Waals surface area contributed by atoms with Crippen LogP contribution in [0, 0.1) is 0 Å². The highest BCUT2D eigenvalue weighted by Crippen LogP contribution is 2.21. The minimum absolute atomic E-state index is 0.150. The Balaban J connectivity index is 1.45. The first-order chi connectivity index (χ1) is 14.1. The summed E-state index contributed by atoms with van der Waals surface area (Å²) in [5.74, 6) is 0.416. The van der Waals surface area contributed by atoms with Crippen LogP contribution in [-0.4, -0.2) is 29.8 Å². The van der Waals surface area contributed by atoms with Crippen LogP contribution in [0.1, 0.15) is 29.6 Å². The molecule has 3 aromatic rings. The number of benzene rings is 2. The van der Waals surface area contributed by atoms with Crippen LogP contribution in [-0.2, 0) is 11.8 Å². The van der Waals surface area contributed by atoms with Crippen molar-refractivity contribution >= 4 is 22.5 Å². The first kappa shape index (κ1) is 19.2. The Morgan fingerprint density at radius 2 is 1.97 bits per heavy atom. The number of aromatic nitrogens is 1. The van der Waals surface area contributed by atoms with E-state index in [1.54, 1.807) is 19.2 Å². The number of amides is 1. The highest BCUT2D eigenvalue weighted by atomic mass is 16.5. The van der Waals surface area contributed by atoms with E-state index < -0.39 is 0 Å². The van der Waals surface area contributed by atoms with Crippen molar-refractivity contribution in [1.82, 2.24) is 4.57 Å². The van der Waals surface area contributed by atoms with Gasteiger partial charge in [-0.05, 0) is 49.6 Å². The number of pyridine rings is 1. The van der Waals surface area contributed by atoms with Gasteiger partial charge in [0.05, 0.1) is 17.2 Å². The lowest BCUT2D eigenvalue weighted by Gasteiger charge is -2.22. The molecule has 1 amide bonds. The van der Waals surface area contributed by atoms with Crippen molar-refractivity contribution in [2.24, 2.45) is 7.05 Å². The maximum absolute atomic E-state index is 12.8. The molecule has 2 heterocycles. The van der Waals surface area contributed by atoms with E-state index in [1.165, 1.54) is 17.1 Å². The zero-order chi connectivity index (χ0) is 20.2. The average Bonchev–Trinajstić information content (AvgIpc) is 2.76. The van der Waals surface area contributed by atoms with E-state index in [9.17, 15) is 9.59 Å². The van der Waals surface area contributed by atoms with Gasteiger partial charge in [-0.25, -0.2) is 0 Å². The highest BCUT2D eigenvalue weighted by molar-refractivity contribution is 6.12. The Morgan fingerprint density at radius 3 is 2.72 bits per heavy atom. The third-order valence-corrected chi connectivity index (χ3v) is 5.22. The van der Waals surface area contributed by atoms with Crippen molar-refractivity contribution in [3.63, 3.8) is 0 Å². The number of fused-ring (bicyclic) bond motifs is 1. The maximum atomic E-state index is 12.8. The summed E-state index contributed by atoms with van der Waals surface area (Å²) in [6.45, 7) is 1.33. The van der Waals surface area contributed by atoms with Crippen LogP contribution < -0.4 is 15.6 Å². The van der Waals surface area contributed by atoms with Crippen LogP contribution in [0.4, 0.5) is 5.69 Å². The van der Waals surface area contributed by atoms with Crippen molar-refractivity contribution < 1.29 is 14.3 Å². The van der Waals surface area contributed by atoms with Crippen LogP contribution in [0.15, 0.2) is 59.4 Å². The molecule has 1 aliphatic rings. The zero-order valence-corrected chi connectivity index (χ0v) is 16.4. The molecule has 29 heavy (non-hydrogen) atoms. The predicted molar refractivity (Wildman–Crippen MR) is 113 cm³/mol. The van der Waals surface area contributed by atoms with Gasteiger partial charge in [0.25, 0.3) is 11.5 Å². The van der Waals surface area contributed by atoms with Gasteiger partial charge in [0.2, 0.25) is 0 Å². The van der Waals surface area contributed by atoms with Gasteiger partial charge < -0.3 is 19.4 Å². The summed E-state index contributed by atoms with van der Waals surface area (Å²) in [4.78, 5) is 25.0. The van der Waals surface area contributed by atoms with Crippen molar-refractivity contribution in [2.45, 2.75) is 25.4 Å². The second-order valence-corrected chi connectivity index (χ2v) is 7.25. The number of hydrogen-bond acceptors (Lipinski definition) is 4. The molecule has 1 fully saturated rings. The Labute approximate surface area is 169 Å². The number of ether oxygens (including phenoxy) is 2. The molecule has 6 heteroatoms. The lowest BCUT2D eigenvalue weighted by molar-refractivity contribution is -0.0110. The summed E-state index contributed by atoms with van der Waals surface area (Å²) in [5, 5.41) is 3.60. The van der Waals surface area contributed by atoms with Gasteiger partial charge in [0, 0.05) is 30.8 Å². The average molecular weight is 392 g/mol. The SMILES string of the molecule is Cn1c(=O)cc(C(=O)Nc2ccc(OCC3CCCCO3)cc2)c2ccccc21. The van der Waals surface area contributed by atoms with Gasteiger partial charge in [-0.2, -0.15) is 0 Å². The third kappa shape index (κ3) is 4.32. The lowest BCUT2D eigenvalue weighted by Crippen LogP contribution is -2.25. The first-order valence-electron chi connectivity index (χ1n) is 9.86. The lowest BCUT2D eigenvalue weighted by atomic mass is 10.1. The summed E-state index contributed by atoms with van der Waals surface area (Å²) < 4.78 is 13.0. The summed E-state index contributed by atoms with van der Waals surface area (Å²) in [5.41, 5.74) is 1.50. The van der Waals surface area contributed by atoms with Gasteiger partial charge in [-0.15, -0.1) is 0 Å². The molecule has 1 unspecified atom stereocenters. The zero-order valence-electron chi connectivity index (χ0n) is 16.4. The minimum Gasteiger partial charge on any atom is -0.491 e. The number of hydrogen-bond donors (Lipinski definition) is 1. The molecular weight excluding hydrogens is 368 g/mol. The number of nitrogens with one attached hydrogen (secondary N) is 1. The summed E-state index contributed by atoms with van der Waals surface area (Å²) in [6, 6.07) is 16.0. The molecule has 150 valence electrons. The van der Waals surface area contributed by atoms with Gasteiger partial charge in [0.15, 0.2) is 0 Å². The van der Waals surface area contributed by atoms with Gasteiger partial charge in [0.1, 0.15) is 12.4 Å². The maximum Gasteiger partial charge on any atom is 0.256 e. The Kier molecular flexibility index (Phi) is 5.62. The van der Waals surface area contributed by atoms with Crippen molar-refractivity contribution in [3.8, 4) is 5.75 Å². The molecule has 1 atom stereocenters. The van der Waals surface area contributed by atoms with Gasteiger partial charge in [-0.3, -0.25) is 9.59 Å². The van der Waals surface area contributed by atoms with E-state index >= 15 is 0 Å². The quantitative estimate of drug-likeness (QED) is 0.718. The standard InChI is InChI=1S/C23H24N2O4/c1-25-21-8-3-2-7-19(21)20(14-22(25)26)23(27)24-16-9-11-17(12-10-16)29-15-18-6-4-5-13-28-18/h2-3,7-12,14,18H,4-6,13,15H2,1H3,(H,24,27). The minimum atomic E-state index is -0.317. The summed E-state index contributed by atoms with van der Waals surface area (Å²) in [7, 11) is 1.70. The second-order valence-electron chi connectivity index (χ2n) is 7.25. The van der Waals surface area contributed by atoms with Gasteiger partial charge in [-0.1, -0.05) is 18.2 Å². The number of rotatable bonds is 5. The van der Waals surface area contributed by atoms with E-state index in [1.807, 2.05) is 36.4 Å². The van der Waals surface area contributed by atoms with Crippen molar-refractivity contribution in [1.29, 1.82) is 0 Å². The molecule has 1 aliphatic heterocycles. The summed E-state index contributed by atoms with van der Waals surface area (Å²) in [6.07, 6.45) is 3.47. The molecule has 2 aromatic carbocycles. The van der Waals surface area contributed by atoms with Crippen molar-refractivity contribution in [3.05, 3.63) is 70.5 Å². The van der Waals surface area contributed by atoms with Crippen LogP contribution in [0.25, 0.3) is 10.9 Å². The number of carbonyl (C=O) groups is 1. The van der Waals surface area contributed by atoms with Gasteiger partial charge >= 0.3 is 0 Å². The number of para-hydroxylation sites is 1. The number of carbonyl (C=O) groups excluding carboxylic acids is 1.